The van der Waals surface area contributed by atoms with Crippen molar-refractivity contribution in [3.63, 3.8) is 0 Å². The molecule has 31 heavy (non-hydrogen) atoms. The van der Waals surface area contributed by atoms with Crippen molar-refractivity contribution in [3.05, 3.63) is 58.9 Å². The van der Waals surface area contributed by atoms with E-state index in [2.05, 4.69) is 28.4 Å². The number of aryl methyl sites for hydroxylation is 1. The van der Waals surface area contributed by atoms with Crippen LogP contribution in [0.25, 0.3) is 5.57 Å². The number of rotatable bonds is 6. The van der Waals surface area contributed by atoms with Crippen molar-refractivity contribution >= 4 is 21.3 Å². The van der Waals surface area contributed by atoms with Gasteiger partial charge in [-0.05, 0) is 0 Å². The summed E-state index contributed by atoms with van der Waals surface area (Å²) >= 11 is 0. The fourth-order valence-electron chi connectivity index (χ4n) is 3.75. The third kappa shape index (κ3) is 3.74. The van der Waals surface area contributed by atoms with E-state index in [0.29, 0.717) is 61.3 Å². The molecule has 0 aromatic carbocycles. The van der Waals surface area contributed by atoms with Crippen molar-refractivity contribution < 1.29 is 22.5 Å². The molecule has 0 saturated carbocycles. The molecule has 0 N–H and O–H groups in total. The molecule has 0 aliphatic carbocycles. The summed E-state index contributed by atoms with van der Waals surface area (Å²) in [6, 6.07) is 0. The highest BCUT2D eigenvalue weighted by Crippen LogP contribution is 2.37. The minimum Gasteiger partial charge on any atom is -0.378 e. The molecule has 10 nitrogen and oxygen atoms in total. The number of hydrogen-bond donors (Lipinski definition) is 0. The lowest BCUT2D eigenvalue weighted by atomic mass is 10.0. The van der Waals surface area contributed by atoms with Gasteiger partial charge < -0.3 is 14.2 Å². The molecule has 4 rings (SSSR count). The number of nitrogens with zero attached hydrogens (tertiary/aromatic N) is 5. The second-order valence-corrected chi connectivity index (χ2v) is 9.10. The first-order valence-electron chi connectivity index (χ1n) is 9.90. The second-order valence-electron chi connectivity index (χ2n) is 7.14. The monoisotopic (exact) mass is 445 g/mol. The molecule has 164 valence electrons. The van der Waals surface area contributed by atoms with Gasteiger partial charge in [0.1, 0.15) is 6.54 Å². The van der Waals surface area contributed by atoms with E-state index < -0.39 is 9.84 Å². The van der Waals surface area contributed by atoms with Crippen LogP contribution in [0.3, 0.4) is 0 Å². The maximum Gasteiger partial charge on any atom is 0.274 e. The Hall–Kier alpha value is -3.05. The predicted molar refractivity (Wildman–Crippen MR) is 112 cm³/mol. The van der Waals surface area contributed by atoms with Crippen LogP contribution in [-0.4, -0.2) is 65.4 Å². The number of hydrogen-bond acceptors (Lipinski definition) is 8. The normalized spacial score (nSPS) is 18.0. The van der Waals surface area contributed by atoms with Gasteiger partial charge in [-0.2, -0.15) is 10.1 Å². The number of carbonyl (C=O) groups excluding carboxylic acids is 1. The molecule has 1 fully saturated rings. The van der Waals surface area contributed by atoms with Crippen LogP contribution in [0.5, 0.6) is 0 Å². The van der Waals surface area contributed by atoms with E-state index in [4.69, 9.17) is 9.26 Å². The molecular formula is C20H23N5O5S. The van der Waals surface area contributed by atoms with Gasteiger partial charge in [0.15, 0.2) is 21.4 Å². The van der Waals surface area contributed by atoms with Gasteiger partial charge in [-0.1, -0.05) is 37.4 Å². The lowest BCUT2D eigenvalue weighted by Crippen LogP contribution is -2.41. The van der Waals surface area contributed by atoms with Crippen LogP contribution in [-0.2, 0) is 33.3 Å². The summed E-state index contributed by atoms with van der Waals surface area (Å²) in [6.07, 6.45) is 3.34. The van der Waals surface area contributed by atoms with Gasteiger partial charge in [-0.3, -0.25) is 9.48 Å². The fraction of sp³-hybridized carbons (Fsp3) is 0.400. The van der Waals surface area contributed by atoms with E-state index in [1.54, 1.807) is 4.90 Å². The summed E-state index contributed by atoms with van der Waals surface area (Å²) < 4.78 is 37.9. The number of morpholine rings is 1. The molecule has 2 aromatic heterocycles. The largest absolute Gasteiger partial charge is 0.378 e. The number of sulfone groups is 1. The SMILES string of the molecule is C=CC1=C(C=C)S(=O)(=O)Cc2c(C(=O)N3CCOCC3)nn(Cc3nc(CC)no3)c21. The average Bonchev–Trinajstić information content (AvgIpc) is 3.36. The van der Waals surface area contributed by atoms with E-state index in [1.165, 1.54) is 16.8 Å². The van der Waals surface area contributed by atoms with Crippen LogP contribution in [0.15, 0.2) is 34.7 Å². The number of aromatic nitrogens is 4. The molecule has 4 heterocycles. The molecule has 2 aliphatic rings. The van der Waals surface area contributed by atoms with Crippen LogP contribution in [0, 0.1) is 0 Å². The Morgan fingerprint density at radius 2 is 1.97 bits per heavy atom. The predicted octanol–water partition coefficient (Wildman–Crippen LogP) is 1.36. The first-order valence-corrected chi connectivity index (χ1v) is 11.5. The number of fused-ring (bicyclic) bond motifs is 1. The van der Waals surface area contributed by atoms with Crippen LogP contribution in [0.2, 0.25) is 0 Å². The number of allylic oxidation sites excluding steroid dienone is 3. The summed E-state index contributed by atoms with van der Waals surface area (Å²) in [5.74, 6) is 0.175. The van der Waals surface area contributed by atoms with Gasteiger partial charge in [-0.15, -0.1) is 0 Å². The second kappa shape index (κ2) is 8.23. The number of amides is 1. The lowest BCUT2D eigenvalue weighted by Gasteiger charge is -2.26. The van der Waals surface area contributed by atoms with Gasteiger partial charge in [0.25, 0.3) is 5.91 Å². The van der Waals surface area contributed by atoms with Crippen LogP contribution in [0.1, 0.15) is 40.4 Å². The Balaban J connectivity index is 1.87. The van der Waals surface area contributed by atoms with Crippen molar-refractivity contribution in [1.29, 1.82) is 0 Å². The minimum absolute atomic E-state index is 0.0568. The average molecular weight is 446 g/mol. The summed E-state index contributed by atoms with van der Waals surface area (Å²) in [6.45, 7) is 11.1. The minimum atomic E-state index is -3.70. The maximum atomic E-state index is 13.2. The molecule has 11 heteroatoms. The van der Waals surface area contributed by atoms with Crippen molar-refractivity contribution in [2.45, 2.75) is 25.6 Å². The fourth-order valence-corrected chi connectivity index (χ4v) is 5.33. The molecule has 0 radical (unpaired) electrons. The Kier molecular flexibility index (Phi) is 5.63. The van der Waals surface area contributed by atoms with Gasteiger partial charge >= 0.3 is 0 Å². The zero-order valence-corrected chi connectivity index (χ0v) is 18.0. The first kappa shape index (κ1) is 21.2. The zero-order valence-electron chi connectivity index (χ0n) is 17.2. The van der Waals surface area contributed by atoms with E-state index >= 15 is 0 Å². The third-order valence-corrected chi connectivity index (χ3v) is 6.97. The van der Waals surface area contributed by atoms with Crippen LogP contribution < -0.4 is 0 Å². The Morgan fingerprint density at radius 1 is 1.23 bits per heavy atom. The first-order chi connectivity index (χ1) is 14.9. The highest BCUT2D eigenvalue weighted by atomic mass is 32.2. The van der Waals surface area contributed by atoms with Gasteiger partial charge in [0.05, 0.1) is 29.6 Å². The van der Waals surface area contributed by atoms with Crippen molar-refractivity contribution in [2.24, 2.45) is 0 Å². The van der Waals surface area contributed by atoms with Crippen molar-refractivity contribution in [3.8, 4) is 0 Å². The van der Waals surface area contributed by atoms with Gasteiger partial charge in [0.2, 0.25) is 5.89 Å². The van der Waals surface area contributed by atoms with Gasteiger partial charge in [-0.25, -0.2) is 8.42 Å². The molecule has 1 amide bonds. The molecule has 2 aromatic rings. The van der Waals surface area contributed by atoms with Crippen LogP contribution >= 0.6 is 0 Å². The molecule has 0 atom stereocenters. The molecular weight excluding hydrogens is 422 g/mol. The number of carbonyl (C=O) groups is 1. The van der Waals surface area contributed by atoms with Crippen molar-refractivity contribution in [2.75, 3.05) is 26.3 Å². The third-order valence-electron chi connectivity index (χ3n) is 5.24. The van der Waals surface area contributed by atoms with Crippen molar-refractivity contribution in [1.82, 2.24) is 24.8 Å². The molecule has 0 unspecified atom stereocenters. The Morgan fingerprint density at radius 3 is 2.58 bits per heavy atom. The smallest absolute Gasteiger partial charge is 0.274 e. The quantitative estimate of drug-likeness (QED) is 0.654. The topological polar surface area (TPSA) is 120 Å². The highest BCUT2D eigenvalue weighted by Gasteiger charge is 2.37. The van der Waals surface area contributed by atoms with Crippen LogP contribution in [0.4, 0.5) is 0 Å². The van der Waals surface area contributed by atoms with E-state index in [1.807, 2.05) is 6.92 Å². The molecule has 0 bridgehead atoms. The lowest BCUT2D eigenvalue weighted by molar-refractivity contribution is 0.0298. The van der Waals surface area contributed by atoms with E-state index in [9.17, 15) is 13.2 Å². The summed E-state index contributed by atoms with van der Waals surface area (Å²) in [5, 5.41) is 8.40. The zero-order chi connectivity index (χ0) is 22.2. The summed E-state index contributed by atoms with van der Waals surface area (Å²) in [5.41, 5.74) is 1.28. The standard InChI is InChI=1S/C20H23N5O5S/c1-4-13-15(5-2)31(27,28)12-14-18(20(26)24-7-9-29-10-8-24)22-25(19(13)14)11-17-21-16(6-3)23-30-17/h4-5H,1-2,6-12H2,3H3. The summed E-state index contributed by atoms with van der Waals surface area (Å²) in [4.78, 5) is 19.2. The molecule has 2 aliphatic heterocycles. The van der Waals surface area contributed by atoms with E-state index in [0.717, 1.165) is 0 Å². The maximum absolute atomic E-state index is 13.2. The molecule has 1 saturated heterocycles. The Labute approximate surface area is 179 Å². The highest BCUT2D eigenvalue weighted by molar-refractivity contribution is 7.95. The van der Waals surface area contributed by atoms with Gasteiger partial charge in [0, 0.05) is 30.6 Å². The number of ether oxygens (including phenoxy) is 1. The Bertz CT molecular complexity index is 1180. The van der Waals surface area contributed by atoms with E-state index in [-0.39, 0.29) is 28.8 Å². The molecule has 0 spiro atoms. The summed E-state index contributed by atoms with van der Waals surface area (Å²) in [7, 11) is -3.70.